The van der Waals surface area contributed by atoms with Crippen molar-refractivity contribution in [3.63, 3.8) is 0 Å². The van der Waals surface area contributed by atoms with E-state index in [-0.39, 0.29) is 12.4 Å². The molecule has 0 aromatic heterocycles. The molecule has 9 nitrogen and oxygen atoms in total. The number of nitrogens with zero attached hydrogens (tertiary/aromatic N) is 1. The lowest BCUT2D eigenvalue weighted by Gasteiger charge is -2.30. The predicted molar refractivity (Wildman–Crippen MR) is 142 cm³/mol. The molecule has 0 spiro atoms. The molecule has 1 heterocycles. The van der Waals surface area contributed by atoms with Crippen molar-refractivity contribution in [1.82, 2.24) is 4.90 Å². The molecule has 1 fully saturated rings. The van der Waals surface area contributed by atoms with E-state index < -0.39 is 35.8 Å². The zero-order valence-electron chi connectivity index (χ0n) is 22.2. The van der Waals surface area contributed by atoms with Crippen molar-refractivity contribution in [2.45, 2.75) is 18.0 Å². The van der Waals surface area contributed by atoms with Gasteiger partial charge in [-0.1, -0.05) is 24.3 Å². The smallest absolute Gasteiger partial charge is 0.327 e. The van der Waals surface area contributed by atoms with E-state index in [0.29, 0.717) is 33.9 Å². The summed E-state index contributed by atoms with van der Waals surface area (Å²) in [5.74, 6) is -2.09. The fourth-order valence-corrected chi connectivity index (χ4v) is 5.33. The summed E-state index contributed by atoms with van der Waals surface area (Å²) < 4.78 is 20.9. The van der Waals surface area contributed by atoms with E-state index in [1.807, 2.05) is 0 Å². The number of carboxylic acid groups (broad SMARTS) is 1. The van der Waals surface area contributed by atoms with E-state index in [0.717, 1.165) is 0 Å². The molecule has 1 saturated heterocycles. The van der Waals surface area contributed by atoms with Crippen molar-refractivity contribution < 1.29 is 38.4 Å². The Balaban J connectivity index is 1.95. The van der Waals surface area contributed by atoms with Crippen molar-refractivity contribution in [2.24, 2.45) is 5.92 Å². The summed E-state index contributed by atoms with van der Waals surface area (Å²) in [4.78, 5) is 42.0. The summed E-state index contributed by atoms with van der Waals surface area (Å²) in [5.41, 5.74) is 1.58. The molecule has 1 N–H and O–H groups in total. The number of likely N-dealkylation sites (tertiary alicyclic amines) is 1. The topological polar surface area (TPSA) is 112 Å². The number of carboxylic acids is 1. The highest BCUT2D eigenvalue weighted by Gasteiger charge is 2.57. The molecule has 3 aromatic rings. The molecule has 1 aliphatic rings. The van der Waals surface area contributed by atoms with Gasteiger partial charge in [-0.15, -0.1) is 0 Å². The Morgan fingerprint density at radius 2 is 1.18 bits per heavy atom. The zero-order valence-corrected chi connectivity index (χ0v) is 22.2. The number of carbonyl (C=O) groups is 3. The van der Waals surface area contributed by atoms with E-state index >= 15 is 0 Å². The first-order valence-corrected chi connectivity index (χ1v) is 12.3. The lowest BCUT2D eigenvalue weighted by Crippen LogP contribution is -2.45. The first-order chi connectivity index (χ1) is 18.8. The van der Waals surface area contributed by atoms with E-state index in [9.17, 15) is 19.5 Å². The molecule has 0 bridgehead atoms. The van der Waals surface area contributed by atoms with Gasteiger partial charge in [0.15, 0.2) is 5.78 Å². The molecule has 0 saturated carbocycles. The molecule has 4 rings (SSSR count). The SMILES string of the molecule is COCC(=O)N1C(C(=O)O)C(c2ccc(OC)cc2)C(C(=O)c2ccc(OC)cc2)C1c1ccc(OC)cc1. The summed E-state index contributed by atoms with van der Waals surface area (Å²) in [7, 11) is 5.97. The number of aliphatic carboxylic acids is 1. The molecule has 204 valence electrons. The minimum Gasteiger partial charge on any atom is -0.497 e. The lowest BCUT2D eigenvalue weighted by atomic mass is 9.76. The summed E-state index contributed by atoms with van der Waals surface area (Å²) in [6.07, 6.45) is 0. The number of ketones is 1. The van der Waals surface area contributed by atoms with Crippen LogP contribution in [0.3, 0.4) is 0 Å². The Hall–Kier alpha value is -4.37. The number of methoxy groups -OCH3 is 4. The van der Waals surface area contributed by atoms with Gasteiger partial charge in [-0.2, -0.15) is 0 Å². The van der Waals surface area contributed by atoms with E-state index in [1.165, 1.54) is 33.3 Å². The summed E-state index contributed by atoms with van der Waals surface area (Å²) in [5, 5.41) is 10.5. The molecule has 39 heavy (non-hydrogen) atoms. The lowest BCUT2D eigenvalue weighted by molar-refractivity contribution is -0.151. The Morgan fingerprint density at radius 1 is 0.718 bits per heavy atom. The number of hydrogen-bond donors (Lipinski definition) is 1. The molecule has 4 atom stereocenters. The molecular weight excluding hydrogens is 502 g/mol. The monoisotopic (exact) mass is 533 g/mol. The minimum absolute atomic E-state index is 0.293. The van der Waals surface area contributed by atoms with Crippen LogP contribution in [0.15, 0.2) is 72.8 Å². The quantitative estimate of drug-likeness (QED) is 0.390. The summed E-state index contributed by atoms with van der Waals surface area (Å²) in [6, 6.07) is 18.3. The second-order valence-corrected chi connectivity index (χ2v) is 9.15. The molecule has 4 unspecified atom stereocenters. The molecular formula is C30H31NO8. The average molecular weight is 534 g/mol. The van der Waals surface area contributed by atoms with Gasteiger partial charge in [0.05, 0.1) is 33.3 Å². The molecule has 1 aliphatic heterocycles. The predicted octanol–water partition coefficient (Wildman–Crippen LogP) is 3.98. The van der Waals surface area contributed by atoms with Crippen LogP contribution in [0.2, 0.25) is 0 Å². The largest absolute Gasteiger partial charge is 0.497 e. The Labute approximate surface area is 226 Å². The second-order valence-electron chi connectivity index (χ2n) is 9.15. The van der Waals surface area contributed by atoms with Gasteiger partial charge in [0, 0.05) is 18.6 Å². The van der Waals surface area contributed by atoms with Crippen LogP contribution in [0.25, 0.3) is 0 Å². The zero-order chi connectivity index (χ0) is 28.1. The normalized spacial score (nSPS) is 20.4. The van der Waals surface area contributed by atoms with Crippen LogP contribution in [-0.4, -0.2) is 68.8 Å². The van der Waals surface area contributed by atoms with Crippen molar-refractivity contribution in [3.8, 4) is 17.2 Å². The van der Waals surface area contributed by atoms with E-state index in [4.69, 9.17) is 18.9 Å². The number of ether oxygens (including phenoxy) is 4. The van der Waals surface area contributed by atoms with Crippen LogP contribution in [0.5, 0.6) is 17.2 Å². The maximum absolute atomic E-state index is 14.3. The molecule has 3 aromatic carbocycles. The average Bonchev–Trinajstić information content (AvgIpc) is 3.33. The van der Waals surface area contributed by atoms with Crippen LogP contribution in [0.4, 0.5) is 0 Å². The van der Waals surface area contributed by atoms with Crippen LogP contribution in [-0.2, 0) is 14.3 Å². The highest BCUT2D eigenvalue weighted by atomic mass is 16.5. The van der Waals surface area contributed by atoms with Gasteiger partial charge in [-0.05, 0) is 59.7 Å². The molecule has 1 amide bonds. The Kier molecular flexibility index (Phi) is 8.51. The van der Waals surface area contributed by atoms with Crippen molar-refractivity contribution in [1.29, 1.82) is 0 Å². The van der Waals surface area contributed by atoms with Gasteiger partial charge in [0.1, 0.15) is 29.9 Å². The Bertz CT molecular complexity index is 1300. The first kappa shape index (κ1) is 27.7. The molecule has 0 aliphatic carbocycles. The van der Waals surface area contributed by atoms with Gasteiger partial charge in [-0.3, -0.25) is 9.59 Å². The molecule has 0 radical (unpaired) electrons. The fourth-order valence-electron chi connectivity index (χ4n) is 5.33. The van der Waals surface area contributed by atoms with Crippen molar-refractivity contribution in [3.05, 3.63) is 89.5 Å². The van der Waals surface area contributed by atoms with Crippen molar-refractivity contribution in [2.75, 3.05) is 35.0 Å². The van der Waals surface area contributed by atoms with Gasteiger partial charge in [-0.25, -0.2) is 4.79 Å². The third-order valence-corrected chi connectivity index (χ3v) is 7.11. The van der Waals surface area contributed by atoms with Gasteiger partial charge < -0.3 is 29.0 Å². The number of rotatable bonds is 10. The second kappa shape index (κ2) is 12.0. The van der Waals surface area contributed by atoms with E-state index in [2.05, 4.69) is 0 Å². The van der Waals surface area contributed by atoms with E-state index in [1.54, 1.807) is 72.8 Å². The fraction of sp³-hybridized carbons (Fsp3) is 0.300. The number of benzene rings is 3. The van der Waals surface area contributed by atoms with Gasteiger partial charge in [0.2, 0.25) is 5.91 Å². The van der Waals surface area contributed by atoms with Gasteiger partial charge in [0.25, 0.3) is 0 Å². The maximum Gasteiger partial charge on any atom is 0.327 e. The highest BCUT2D eigenvalue weighted by Crippen LogP contribution is 2.51. The third kappa shape index (κ3) is 5.44. The van der Waals surface area contributed by atoms with Crippen LogP contribution in [0.1, 0.15) is 33.4 Å². The third-order valence-electron chi connectivity index (χ3n) is 7.11. The Morgan fingerprint density at radius 3 is 1.62 bits per heavy atom. The number of carbonyl (C=O) groups excluding carboxylic acids is 2. The maximum atomic E-state index is 14.3. The van der Waals surface area contributed by atoms with Crippen LogP contribution >= 0.6 is 0 Å². The van der Waals surface area contributed by atoms with Crippen LogP contribution in [0, 0.1) is 5.92 Å². The highest BCUT2D eigenvalue weighted by molar-refractivity contribution is 6.01. The number of amides is 1. The molecule has 9 heteroatoms. The number of Topliss-reactive ketones (excluding diaryl/α,β-unsaturated/α-hetero) is 1. The minimum atomic E-state index is -1.33. The first-order valence-electron chi connectivity index (χ1n) is 12.3. The van der Waals surface area contributed by atoms with Crippen LogP contribution < -0.4 is 14.2 Å². The number of hydrogen-bond acceptors (Lipinski definition) is 7. The standard InChI is InChI=1S/C30H31NO8/c1-36-17-24(32)31-27(19-7-13-22(38-3)14-8-19)26(29(33)20-9-15-23(39-4)16-10-20)25(28(31)30(34)35)18-5-11-21(37-2)12-6-18/h5-16,25-28H,17H2,1-4H3,(H,34,35). The van der Waals surface area contributed by atoms with Crippen molar-refractivity contribution >= 4 is 17.7 Å². The summed E-state index contributed by atoms with van der Waals surface area (Å²) in [6.45, 7) is -0.338. The summed E-state index contributed by atoms with van der Waals surface area (Å²) >= 11 is 0. The van der Waals surface area contributed by atoms with Gasteiger partial charge >= 0.3 is 5.97 Å².